The maximum atomic E-state index is 6.85. The number of para-hydroxylation sites is 2. The Morgan fingerprint density at radius 3 is 1.57 bits per heavy atom. The topological polar surface area (TPSA) is 31.0 Å². The van der Waals surface area contributed by atoms with Gasteiger partial charge in [-0.1, -0.05) is 158 Å². The standard InChI is InChI=1S/C53H32N2O/c1-2-14-34(15-3-1)53-54-46-24-12-13-25-47(46)55(53)36-29-26-33(27-30-36)49-40-19-7-9-21-42(40)50(43-22-10-8-20-41(43)49)35-28-31-45-48(32-35)56-52-44-23-11-5-17-38(44)37-16-4-6-18-39(37)51(45)52/h1-32H. The van der Waals surface area contributed by atoms with E-state index < -0.39 is 0 Å². The first-order valence-electron chi connectivity index (χ1n) is 19.1. The summed E-state index contributed by atoms with van der Waals surface area (Å²) >= 11 is 0. The lowest BCUT2D eigenvalue weighted by molar-refractivity contribution is 0.673. The number of aromatic nitrogens is 2. The van der Waals surface area contributed by atoms with Crippen LogP contribution in [0.25, 0.3) is 115 Å². The van der Waals surface area contributed by atoms with Crippen molar-refractivity contribution in [2.45, 2.75) is 0 Å². The summed E-state index contributed by atoms with van der Waals surface area (Å²) in [4.78, 5) is 5.07. The highest BCUT2D eigenvalue weighted by Gasteiger charge is 2.20. The van der Waals surface area contributed by atoms with Crippen LogP contribution in [-0.4, -0.2) is 9.55 Å². The molecule has 0 amide bonds. The normalized spacial score (nSPS) is 11.9. The van der Waals surface area contributed by atoms with Gasteiger partial charge in [-0.2, -0.15) is 0 Å². The maximum Gasteiger partial charge on any atom is 0.145 e. The number of hydrogen-bond donors (Lipinski definition) is 0. The molecule has 0 bridgehead atoms. The van der Waals surface area contributed by atoms with E-state index in [9.17, 15) is 0 Å². The Balaban J connectivity index is 1.06. The van der Waals surface area contributed by atoms with Crippen LogP contribution in [0.3, 0.4) is 0 Å². The predicted molar refractivity (Wildman–Crippen MR) is 235 cm³/mol. The second-order valence-electron chi connectivity index (χ2n) is 14.6. The van der Waals surface area contributed by atoms with Crippen LogP contribution in [0, 0.1) is 0 Å². The second-order valence-corrected chi connectivity index (χ2v) is 14.6. The number of imidazole rings is 1. The number of rotatable bonds is 4. The highest BCUT2D eigenvalue weighted by molar-refractivity contribution is 6.30. The monoisotopic (exact) mass is 712 g/mol. The van der Waals surface area contributed by atoms with Crippen LogP contribution < -0.4 is 0 Å². The molecule has 260 valence electrons. The number of hydrogen-bond acceptors (Lipinski definition) is 2. The lowest BCUT2D eigenvalue weighted by Crippen LogP contribution is -1.97. The largest absolute Gasteiger partial charge is 0.455 e. The van der Waals surface area contributed by atoms with E-state index in [1.807, 2.05) is 6.07 Å². The van der Waals surface area contributed by atoms with E-state index in [0.717, 1.165) is 55.6 Å². The molecule has 0 aliphatic rings. The van der Waals surface area contributed by atoms with E-state index in [1.54, 1.807) is 0 Å². The van der Waals surface area contributed by atoms with Crippen LogP contribution in [0.15, 0.2) is 199 Å². The molecular weight excluding hydrogens is 681 g/mol. The summed E-state index contributed by atoms with van der Waals surface area (Å²) in [5.41, 5.74) is 10.8. The van der Waals surface area contributed by atoms with E-state index in [1.165, 1.54) is 59.8 Å². The molecule has 0 fully saturated rings. The van der Waals surface area contributed by atoms with E-state index in [2.05, 4.69) is 193 Å². The van der Waals surface area contributed by atoms with E-state index in [0.29, 0.717) is 0 Å². The average Bonchev–Trinajstić information content (AvgIpc) is 3.85. The summed E-state index contributed by atoms with van der Waals surface area (Å²) in [7, 11) is 0. The fourth-order valence-corrected chi connectivity index (χ4v) is 9.16. The van der Waals surface area contributed by atoms with Gasteiger partial charge in [-0.05, 0) is 96.4 Å². The molecular formula is C53H32N2O. The third kappa shape index (κ3) is 4.49. The third-order valence-corrected chi connectivity index (χ3v) is 11.6. The van der Waals surface area contributed by atoms with Crippen molar-refractivity contribution in [1.29, 1.82) is 0 Å². The van der Waals surface area contributed by atoms with Crippen LogP contribution in [0.5, 0.6) is 0 Å². The molecule has 0 spiro atoms. The summed E-state index contributed by atoms with van der Waals surface area (Å²) in [6.07, 6.45) is 0. The van der Waals surface area contributed by atoms with Gasteiger partial charge in [0.15, 0.2) is 0 Å². The van der Waals surface area contributed by atoms with Gasteiger partial charge >= 0.3 is 0 Å². The average molecular weight is 713 g/mol. The van der Waals surface area contributed by atoms with Gasteiger partial charge in [0.05, 0.1) is 11.0 Å². The molecule has 3 nitrogen and oxygen atoms in total. The van der Waals surface area contributed by atoms with Crippen LogP contribution in [0.4, 0.5) is 0 Å². The molecule has 3 heteroatoms. The molecule has 10 aromatic carbocycles. The van der Waals surface area contributed by atoms with Crippen LogP contribution in [0.2, 0.25) is 0 Å². The SMILES string of the molecule is c1ccc(-c2nc3ccccc3n2-c2ccc(-c3c4ccccc4c(-c4ccc5c(c4)oc4c6ccccc6c6ccccc6c54)c4ccccc34)cc2)cc1. The van der Waals surface area contributed by atoms with Crippen LogP contribution in [-0.2, 0) is 0 Å². The van der Waals surface area contributed by atoms with Gasteiger partial charge in [0, 0.05) is 27.4 Å². The number of fused-ring (bicyclic) bond motifs is 11. The van der Waals surface area contributed by atoms with Gasteiger partial charge in [0.1, 0.15) is 17.0 Å². The Labute approximate surface area is 322 Å². The Morgan fingerprint density at radius 1 is 0.375 bits per heavy atom. The van der Waals surface area contributed by atoms with Crippen molar-refractivity contribution < 1.29 is 4.42 Å². The summed E-state index contributed by atoms with van der Waals surface area (Å²) in [5, 5.41) is 12.0. The van der Waals surface area contributed by atoms with Gasteiger partial charge in [0.2, 0.25) is 0 Å². The second kappa shape index (κ2) is 12.0. The van der Waals surface area contributed by atoms with Crippen molar-refractivity contribution in [3.8, 4) is 39.3 Å². The molecule has 2 aromatic heterocycles. The number of furan rings is 1. The molecule has 0 saturated carbocycles. The molecule has 0 unspecified atom stereocenters. The number of benzene rings is 10. The Hall–Kier alpha value is -7.49. The molecule has 0 atom stereocenters. The van der Waals surface area contributed by atoms with Crippen molar-refractivity contribution >= 4 is 76.1 Å². The lowest BCUT2D eigenvalue weighted by Gasteiger charge is -2.18. The van der Waals surface area contributed by atoms with Gasteiger partial charge in [-0.15, -0.1) is 0 Å². The Kier molecular flexibility index (Phi) is 6.63. The highest BCUT2D eigenvalue weighted by atomic mass is 16.3. The first-order chi connectivity index (χ1) is 27.8. The fraction of sp³-hybridized carbons (Fsp3) is 0. The van der Waals surface area contributed by atoms with E-state index in [4.69, 9.17) is 9.40 Å². The van der Waals surface area contributed by atoms with E-state index >= 15 is 0 Å². The van der Waals surface area contributed by atoms with Crippen molar-refractivity contribution in [2.24, 2.45) is 0 Å². The first kappa shape index (κ1) is 30.9. The van der Waals surface area contributed by atoms with Crippen molar-refractivity contribution in [3.63, 3.8) is 0 Å². The van der Waals surface area contributed by atoms with Gasteiger partial charge in [-0.3, -0.25) is 4.57 Å². The Bertz CT molecular complexity index is 3460. The predicted octanol–water partition coefficient (Wildman–Crippen LogP) is 14.5. The summed E-state index contributed by atoms with van der Waals surface area (Å²) in [6.45, 7) is 0. The van der Waals surface area contributed by atoms with Crippen LogP contribution in [0.1, 0.15) is 0 Å². The van der Waals surface area contributed by atoms with Crippen molar-refractivity contribution in [1.82, 2.24) is 9.55 Å². The number of nitrogens with zero attached hydrogens (tertiary/aromatic N) is 2. The molecule has 2 heterocycles. The Morgan fingerprint density at radius 2 is 0.893 bits per heavy atom. The minimum Gasteiger partial charge on any atom is -0.455 e. The molecule has 56 heavy (non-hydrogen) atoms. The maximum absolute atomic E-state index is 6.85. The van der Waals surface area contributed by atoms with Crippen molar-refractivity contribution in [2.75, 3.05) is 0 Å². The third-order valence-electron chi connectivity index (χ3n) is 11.6. The summed E-state index contributed by atoms with van der Waals surface area (Å²) < 4.78 is 9.12. The molecule has 0 aliphatic carbocycles. The van der Waals surface area contributed by atoms with Gasteiger partial charge in [0.25, 0.3) is 0 Å². The zero-order valence-electron chi connectivity index (χ0n) is 30.3. The van der Waals surface area contributed by atoms with Crippen molar-refractivity contribution in [3.05, 3.63) is 194 Å². The minimum atomic E-state index is 0.897. The van der Waals surface area contributed by atoms with E-state index in [-0.39, 0.29) is 0 Å². The fourth-order valence-electron chi connectivity index (χ4n) is 9.16. The molecule has 0 aliphatic heterocycles. The summed E-state index contributed by atoms with van der Waals surface area (Å²) in [6, 6.07) is 69.6. The minimum absolute atomic E-state index is 0.897. The molecule has 0 radical (unpaired) electrons. The highest BCUT2D eigenvalue weighted by Crippen LogP contribution is 2.46. The van der Waals surface area contributed by atoms with Crippen LogP contribution >= 0.6 is 0 Å². The molecule has 12 rings (SSSR count). The zero-order valence-corrected chi connectivity index (χ0v) is 30.3. The van der Waals surface area contributed by atoms with Gasteiger partial charge in [-0.25, -0.2) is 4.98 Å². The summed E-state index contributed by atoms with van der Waals surface area (Å²) in [5.74, 6) is 0.933. The lowest BCUT2D eigenvalue weighted by atomic mass is 9.86. The molecule has 12 aromatic rings. The molecule has 0 saturated heterocycles. The zero-order chi connectivity index (χ0) is 36.7. The first-order valence-corrected chi connectivity index (χ1v) is 19.1. The quantitative estimate of drug-likeness (QED) is 0.134. The van der Waals surface area contributed by atoms with Gasteiger partial charge < -0.3 is 4.42 Å². The smallest absolute Gasteiger partial charge is 0.145 e. The molecule has 0 N–H and O–H groups in total.